The summed E-state index contributed by atoms with van der Waals surface area (Å²) in [6, 6.07) is 3.65. The molecular formula is C11H16N2O. The molecule has 0 atom stereocenters. The summed E-state index contributed by atoms with van der Waals surface area (Å²) in [7, 11) is 0. The van der Waals surface area contributed by atoms with Gasteiger partial charge in [0, 0.05) is 0 Å². The lowest BCUT2D eigenvalue weighted by Gasteiger charge is -2.12. The summed E-state index contributed by atoms with van der Waals surface area (Å²) in [5.41, 5.74) is 14.6. The molecule has 14 heavy (non-hydrogen) atoms. The minimum atomic E-state index is 0.556. The molecule has 0 aliphatic carbocycles. The first-order valence-electron chi connectivity index (χ1n) is 4.54. The lowest BCUT2D eigenvalue weighted by Crippen LogP contribution is -2.02. The van der Waals surface area contributed by atoms with E-state index in [2.05, 4.69) is 6.58 Å². The van der Waals surface area contributed by atoms with Gasteiger partial charge in [0.1, 0.15) is 0 Å². The third-order valence-electron chi connectivity index (χ3n) is 1.93. The zero-order valence-electron chi connectivity index (χ0n) is 8.63. The number of anilines is 2. The van der Waals surface area contributed by atoms with Gasteiger partial charge in [-0.25, -0.2) is 0 Å². The lowest BCUT2D eigenvalue weighted by molar-refractivity contribution is 0.344. The number of hydrogen-bond acceptors (Lipinski definition) is 3. The molecule has 0 fully saturated rings. The van der Waals surface area contributed by atoms with Crippen LogP contribution in [0.5, 0.6) is 5.75 Å². The fourth-order valence-electron chi connectivity index (χ4n) is 1.23. The van der Waals surface area contributed by atoms with Crippen molar-refractivity contribution in [3.8, 4) is 5.75 Å². The molecule has 4 N–H and O–H groups in total. The van der Waals surface area contributed by atoms with Gasteiger partial charge in [0.2, 0.25) is 0 Å². The highest BCUT2D eigenvalue weighted by atomic mass is 16.5. The first-order valence-corrected chi connectivity index (χ1v) is 4.54. The maximum absolute atomic E-state index is 5.80. The van der Waals surface area contributed by atoms with E-state index in [1.54, 1.807) is 0 Å². The Morgan fingerprint density at radius 2 is 1.86 bits per heavy atom. The molecule has 0 aliphatic heterocycles. The number of hydrogen-bond donors (Lipinski definition) is 2. The van der Waals surface area contributed by atoms with Gasteiger partial charge < -0.3 is 16.2 Å². The van der Waals surface area contributed by atoms with Crippen LogP contribution in [0.2, 0.25) is 0 Å². The molecule has 0 spiro atoms. The fraction of sp³-hybridized carbons (Fsp3) is 0.273. The Bertz CT molecular complexity index is 335. The normalized spacial score (nSPS) is 9.86. The highest BCUT2D eigenvalue weighted by Gasteiger charge is 2.07. The van der Waals surface area contributed by atoms with Crippen LogP contribution in [-0.4, -0.2) is 6.61 Å². The third-order valence-corrected chi connectivity index (χ3v) is 1.93. The van der Waals surface area contributed by atoms with Gasteiger partial charge in [-0.2, -0.15) is 0 Å². The minimum Gasteiger partial charge on any atom is -0.490 e. The quantitative estimate of drug-likeness (QED) is 0.722. The first-order chi connectivity index (χ1) is 6.56. The Labute approximate surface area is 84.4 Å². The maximum atomic E-state index is 5.80. The molecule has 1 rings (SSSR count). The average Bonchev–Trinajstić information content (AvgIpc) is 2.10. The minimum absolute atomic E-state index is 0.556. The number of nitrogen functional groups attached to an aromatic ring is 2. The van der Waals surface area contributed by atoms with E-state index in [0.717, 1.165) is 11.1 Å². The summed E-state index contributed by atoms with van der Waals surface area (Å²) >= 11 is 0. The van der Waals surface area contributed by atoms with Crippen LogP contribution in [0.25, 0.3) is 5.57 Å². The van der Waals surface area contributed by atoms with E-state index in [1.165, 1.54) is 0 Å². The van der Waals surface area contributed by atoms with Crippen molar-refractivity contribution in [3.05, 3.63) is 24.3 Å². The van der Waals surface area contributed by atoms with E-state index in [9.17, 15) is 0 Å². The van der Waals surface area contributed by atoms with Crippen LogP contribution in [0.3, 0.4) is 0 Å². The average molecular weight is 192 g/mol. The maximum Gasteiger partial charge on any atom is 0.165 e. The van der Waals surface area contributed by atoms with Crippen LogP contribution in [0.1, 0.15) is 19.4 Å². The van der Waals surface area contributed by atoms with Crippen molar-refractivity contribution in [2.75, 3.05) is 18.1 Å². The van der Waals surface area contributed by atoms with Crippen LogP contribution in [0.4, 0.5) is 11.4 Å². The predicted molar refractivity (Wildman–Crippen MR) is 61.1 cm³/mol. The number of ether oxygens (including phenoxy) is 1. The highest BCUT2D eigenvalue weighted by Crippen LogP contribution is 2.32. The predicted octanol–water partition coefficient (Wildman–Crippen LogP) is 2.28. The molecule has 0 bridgehead atoms. The van der Waals surface area contributed by atoms with Gasteiger partial charge >= 0.3 is 0 Å². The number of allylic oxidation sites excluding steroid dienone is 1. The second kappa shape index (κ2) is 4.05. The Morgan fingerprint density at radius 3 is 2.21 bits per heavy atom. The summed E-state index contributed by atoms with van der Waals surface area (Å²) in [4.78, 5) is 0. The highest BCUT2D eigenvalue weighted by molar-refractivity contribution is 5.76. The van der Waals surface area contributed by atoms with Gasteiger partial charge in [-0.15, -0.1) is 0 Å². The van der Waals surface area contributed by atoms with Gasteiger partial charge in [0.05, 0.1) is 18.0 Å². The topological polar surface area (TPSA) is 61.3 Å². The molecule has 0 heterocycles. The molecule has 0 saturated carbocycles. The molecule has 0 aliphatic rings. The number of nitrogens with two attached hydrogens (primary N) is 2. The summed E-state index contributed by atoms with van der Waals surface area (Å²) in [6.07, 6.45) is 0. The summed E-state index contributed by atoms with van der Waals surface area (Å²) in [5, 5.41) is 0. The molecule has 0 amide bonds. The van der Waals surface area contributed by atoms with Crippen molar-refractivity contribution in [1.29, 1.82) is 0 Å². The Kier molecular flexibility index (Phi) is 3.02. The second-order valence-electron chi connectivity index (χ2n) is 3.20. The zero-order chi connectivity index (χ0) is 10.7. The van der Waals surface area contributed by atoms with Gasteiger partial charge in [0.15, 0.2) is 5.75 Å². The van der Waals surface area contributed by atoms with E-state index in [4.69, 9.17) is 16.2 Å². The number of benzene rings is 1. The van der Waals surface area contributed by atoms with Crippen molar-refractivity contribution in [1.82, 2.24) is 0 Å². The monoisotopic (exact) mass is 192 g/mol. The Morgan fingerprint density at radius 1 is 1.36 bits per heavy atom. The Hall–Kier alpha value is -1.64. The van der Waals surface area contributed by atoms with Crippen molar-refractivity contribution in [3.63, 3.8) is 0 Å². The van der Waals surface area contributed by atoms with E-state index in [-0.39, 0.29) is 0 Å². The molecule has 0 saturated heterocycles. The third kappa shape index (κ3) is 1.99. The van der Waals surface area contributed by atoms with E-state index >= 15 is 0 Å². The van der Waals surface area contributed by atoms with E-state index < -0.39 is 0 Å². The Balaban J connectivity index is 3.18. The largest absolute Gasteiger partial charge is 0.490 e. The van der Waals surface area contributed by atoms with Crippen molar-refractivity contribution in [2.24, 2.45) is 0 Å². The van der Waals surface area contributed by atoms with Crippen LogP contribution >= 0.6 is 0 Å². The van der Waals surface area contributed by atoms with Crippen LogP contribution < -0.4 is 16.2 Å². The summed E-state index contributed by atoms with van der Waals surface area (Å²) in [5.74, 6) is 0.567. The lowest BCUT2D eigenvalue weighted by atomic mass is 10.1. The summed E-state index contributed by atoms with van der Waals surface area (Å²) < 4.78 is 5.32. The molecule has 1 aromatic rings. The van der Waals surface area contributed by atoms with Crippen molar-refractivity contribution >= 4 is 16.9 Å². The van der Waals surface area contributed by atoms with Gasteiger partial charge in [-0.05, 0) is 31.5 Å². The van der Waals surface area contributed by atoms with Crippen molar-refractivity contribution in [2.45, 2.75) is 13.8 Å². The molecule has 0 aromatic heterocycles. The first kappa shape index (κ1) is 10.4. The second-order valence-corrected chi connectivity index (χ2v) is 3.20. The molecule has 0 unspecified atom stereocenters. The molecule has 1 aromatic carbocycles. The van der Waals surface area contributed by atoms with Crippen molar-refractivity contribution < 1.29 is 4.74 Å². The van der Waals surface area contributed by atoms with E-state index in [1.807, 2.05) is 26.0 Å². The number of rotatable bonds is 3. The van der Waals surface area contributed by atoms with E-state index in [0.29, 0.717) is 23.7 Å². The van der Waals surface area contributed by atoms with Gasteiger partial charge in [-0.1, -0.05) is 12.2 Å². The smallest absolute Gasteiger partial charge is 0.165 e. The molecule has 3 heteroatoms. The zero-order valence-corrected chi connectivity index (χ0v) is 8.63. The standard InChI is InChI=1S/C11H16N2O/c1-4-14-11-9(12)5-8(7(2)3)6-10(11)13/h5-6H,2,4,12-13H2,1,3H3. The van der Waals surface area contributed by atoms with Gasteiger partial charge in [-0.3, -0.25) is 0 Å². The molecule has 76 valence electrons. The van der Waals surface area contributed by atoms with Crippen LogP contribution in [0, 0.1) is 0 Å². The van der Waals surface area contributed by atoms with Gasteiger partial charge in [0.25, 0.3) is 0 Å². The fourth-order valence-corrected chi connectivity index (χ4v) is 1.23. The van der Waals surface area contributed by atoms with Crippen LogP contribution in [0.15, 0.2) is 18.7 Å². The van der Waals surface area contributed by atoms with Crippen LogP contribution in [-0.2, 0) is 0 Å². The molecular weight excluding hydrogens is 176 g/mol. The molecule has 0 radical (unpaired) electrons. The molecule has 3 nitrogen and oxygen atoms in total. The SMILES string of the molecule is C=C(C)c1cc(N)c(OCC)c(N)c1. The summed E-state index contributed by atoms with van der Waals surface area (Å²) in [6.45, 7) is 8.19.